The maximum absolute atomic E-state index is 14.4. The number of methoxy groups -OCH3 is 1. The van der Waals surface area contributed by atoms with Crippen LogP contribution in [0.25, 0.3) is 0 Å². The Morgan fingerprint density at radius 3 is 2.18 bits per heavy atom. The van der Waals surface area contributed by atoms with Gasteiger partial charge in [-0.25, -0.2) is 4.39 Å². The number of rotatable bonds is 10. The van der Waals surface area contributed by atoms with E-state index in [9.17, 15) is 14.0 Å². The van der Waals surface area contributed by atoms with Crippen LogP contribution in [0.15, 0.2) is 66.7 Å². The van der Waals surface area contributed by atoms with Crippen LogP contribution in [0, 0.1) is 5.82 Å². The van der Waals surface area contributed by atoms with Gasteiger partial charge in [0.05, 0.1) is 30.4 Å². The minimum Gasteiger partial charge on any atom is -0.497 e. The first-order chi connectivity index (χ1) is 17.8. The largest absolute Gasteiger partial charge is 0.497 e. The van der Waals surface area contributed by atoms with Gasteiger partial charge in [-0.2, -0.15) is 0 Å². The molecule has 38 heavy (non-hydrogen) atoms. The molecule has 0 aliphatic carbocycles. The van der Waals surface area contributed by atoms with Crippen molar-refractivity contribution in [2.45, 2.75) is 59.2 Å². The fourth-order valence-electron chi connectivity index (χ4n) is 3.98. The predicted molar refractivity (Wildman–Crippen MR) is 148 cm³/mol. The summed E-state index contributed by atoms with van der Waals surface area (Å²) in [5.74, 6) is 0.591. The van der Waals surface area contributed by atoms with Crippen LogP contribution in [0.5, 0.6) is 17.2 Å². The Labute approximate surface area is 224 Å². The quantitative estimate of drug-likeness (QED) is 0.328. The smallest absolute Gasteiger partial charge is 0.224 e. The van der Waals surface area contributed by atoms with Crippen LogP contribution >= 0.6 is 0 Å². The Hall–Kier alpha value is -4.07. The minimum absolute atomic E-state index is 0.111. The number of nitrogens with zero attached hydrogens (tertiary/aromatic N) is 1. The summed E-state index contributed by atoms with van der Waals surface area (Å²) in [5.41, 5.74) is 0.565. The molecule has 3 aromatic carbocycles. The van der Waals surface area contributed by atoms with E-state index in [0.717, 1.165) is 11.3 Å². The van der Waals surface area contributed by atoms with Gasteiger partial charge in [0.1, 0.15) is 17.3 Å². The summed E-state index contributed by atoms with van der Waals surface area (Å²) in [6, 6.07) is 18.7. The molecular weight excluding hydrogens is 485 g/mol. The average molecular weight is 522 g/mol. The van der Waals surface area contributed by atoms with E-state index < -0.39 is 16.9 Å². The number of carbonyl (C=O) groups is 2. The first-order valence-corrected chi connectivity index (χ1v) is 12.4. The number of ether oxygens (including phenoxy) is 2. The number of amides is 2. The molecule has 0 aliphatic rings. The van der Waals surface area contributed by atoms with E-state index in [2.05, 4.69) is 10.6 Å². The molecule has 3 aromatic rings. The molecule has 3 rings (SSSR count). The molecule has 0 saturated carbocycles. The number of hydrogen-bond acceptors (Lipinski definition) is 5. The van der Waals surface area contributed by atoms with Crippen molar-refractivity contribution in [3.05, 3.63) is 78.1 Å². The third-order valence-electron chi connectivity index (χ3n) is 6.70. The van der Waals surface area contributed by atoms with Crippen LogP contribution in [0.2, 0.25) is 0 Å². The zero-order chi connectivity index (χ0) is 28.1. The number of hydrogen-bond donors (Lipinski definition) is 2. The molecule has 202 valence electrons. The minimum atomic E-state index is -0.616. The summed E-state index contributed by atoms with van der Waals surface area (Å²) in [6.45, 7) is 10.9. The first-order valence-electron chi connectivity index (χ1n) is 12.4. The van der Waals surface area contributed by atoms with E-state index in [0.29, 0.717) is 22.9 Å². The zero-order valence-electron chi connectivity index (χ0n) is 23.0. The SMILES string of the molecule is COc1ccc(NC(C)(C)C(C)(C)NC(C)=O)c(CN(C(C)=O)c2cc(F)ccc2Oc2ccccc2)c1. The van der Waals surface area contributed by atoms with Gasteiger partial charge in [-0.05, 0) is 75.7 Å². The Bertz CT molecular complexity index is 1290. The van der Waals surface area contributed by atoms with Crippen molar-refractivity contribution in [2.75, 3.05) is 17.3 Å². The lowest BCUT2D eigenvalue weighted by molar-refractivity contribution is -0.121. The monoisotopic (exact) mass is 521 g/mol. The van der Waals surface area contributed by atoms with Gasteiger partial charge in [-0.3, -0.25) is 9.59 Å². The molecule has 0 saturated heterocycles. The van der Waals surface area contributed by atoms with Crippen LogP contribution in [0.1, 0.15) is 47.1 Å². The van der Waals surface area contributed by atoms with E-state index in [1.165, 1.54) is 36.9 Å². The number of halogens is 1. The maximum atomic E-state index is 14.4. The lowest BCUT2D eigenvalue weighted by atomic mass is 9.82. The highest BCUT2D eigenvalue weighted by molar-refractivity contribution is 5.93. The van der Waals surface area contributed by atoms with Crippen molar-refractivity contribution >= 4 is 23.2 Å². The molecule has 7 nitrogen and oxygen atoms in total. The van der Waals surface area contributed by atoms with Crippen molar-refractivity contribution in [3.8, 4) is 17.2 Å². The summed E-state index contributed by atoms with van der Waals surface area (Å²) < 4.78 is 25.9. The Morgan fingerprint density at radius 1 is 0.895 bits per heavy atom. The second kappa shape index (κ2) is 11.5. The molecule has 0 bridgehead atoms. The Morgan fingerprint density at radius 2 is 1.58 bits per heavy atom. The van der Waals surface area contributed by atoms with Crippen LogP contribution < -0.4 is 25.0 Å². The van der Waals surface area contributed by atoms with Gasteiger partial charge < -0.3 is 25.0 Å². The lowest BCUT2D eigenvalue weighted by Gasteiger charge is -2.43. The molecule has 0 heterocycles. The fraction of sp³-hybridized carbons (Fsp3) is 0.333. The number of nitrogens with one attached hydrogen (secondary N) is 2. The van der Waals surface area contributed by atoms with E-state index in [4.69, 9.17) is 9.47 Å². The standard InChI is InChI=1S/C30H36FN3O4/c1-20(35)32-29(3,4)30(5,6)33-26-15-14-25(37-7)17-22(26)19-34(21(2)36)27-18-23(31)13-16-28(27)38-24-11-9-8-10-12-24/h8-18,33H,19H2,1-7H3,(H,32,35). The third-order valence-corrected chi connectivity index (χ3v) is 6.70. The van der Waals surface area contributed by atoms with Gasteiger partial charge in [0.15, 0.2) is 5.75 Å². The molecule has 0 unspecified atom stereocenters. The van der Waals surface area contributed by atoms with Gasteiger partial charge in [0.2, 0.25) is 11.8 Å². The van der Waals surface area contributed by atoms with Crippen LogP contribution in [-0.2, 0) is 16.1 Å². The van der Waals surface area contributed by atoms with E-state index in [-0.39, 0.29) is 18.4 Å². The van der Waals surface area contributed by atoms with Crippen molar-refractivity contribution in [1.29, 1.82) is 0 Å². The van der Waals surface area contributed by atoms with Crippen LogP contribution in [-0.4, -0.2) is 30.0 Å². The van der Waals surface area contributed by atoms with Crippen LogP contribution in [0.4, 0.5) is 15.8 Å². The molecule has 2 amide bonds. The topological polar surface area (TPSA) is 79.9 Å². The highest BCUT2D eigenvalue weighted by Gasteiger charge is 2.38. The van der Waals surface area contributed by atoms with E-state index in [1.54, 1.807) is 19.2 Å². The Balaban J connectivity index is 2.04. The normalized spacial score (nSPS) is 11.5. The molecule has 0 aliphatic heterocycles. The molecule has 0 radical (unpaired) electrons. The van der Waals surface area contributed by atoms with Gasteiger partial charge >= 0.3 is 0 Å². The molecule has 2 N–H and O–H groups in total. The van der Waals surface area contributed by atoms with Crippen molar-refractivity contribution in [1.82, 2.24) is 5.32 Å². The Kier molecular flexibility index (Phi) is 8.66. The molecule has 8 heteroatoms. The van der Waals surface area contributed by atoms with Gasteiger partial charge in [0.25, 0.3) is 0 Å². The lowest BCUT2D eigenvalue weighted by Crippen LogP contribution is -2.61. The summed E-state index contributed by atoms with van der Waals surface area (Å²) in [4.78, 5) is 26.2. The maximum Gasteiger partial charge on any atom is 0.224 e. The van der Waals surface area contributed by atoms with Gasteiger partial charge in [0, 0.05) is 25.6 Å². The molecular formula is C30H36FN3O4. The van der Waals surface area contributed by atoms with E-state index >= 15 is 0 Å². The second-order valence-corrected chi connectivity index (χ2v) is 10.2. The highest BCUT2D eigenvalue weighted by Crippen LogP contribution is 2.36. The molecule has 0 spiro atoms. The highest BCUT2D eigenvalue weighted by atomic mass is 19.1. The summed E-state index contributed by atoms with van der Waals surface area (Å²) in [7, 11) is 1.57. The van der Waals surface area contributed by atoms with Gasteiger partial charge in [-0.15, -0.1) is 0 Å². The van der Waals surface area contributed by atoms with Crippen LogP contribution in [0.3, 0.4) is 0 Å². The van der Waals surface area contributed by atoms with E-state index in [1.807, 2.05) is 64.1 Å². The zero-order valence-corrected chi connectivity index (χ0v) is 23.0. The molecule has 0 aromatic heterocycles. The first kappa shape index (κ1) is 28.5. The van der Waals surface area contributed by atoms with Gasteiger partial charge in [-0.1, -0.05) is 18.2 Å². The van der Waals surface area contributed by atoms with Crippen molar-refractivity contribution in [3.63, 3.8) is 0 Å². The number of benzene rings is 3. The molecule has 0 atom stereocenters. The number of para-hydroxylation sites is 1. The van der Waals surface area contributed by atoms with Crippen molar-refractivity contribution in [2.24, 2.45) is 0 Å². The summed E-state index contributed by atoms with van der Waals surface area (Å²) >= 11 is 0. The summed E-state index contributed by atoms with van der Waals surface area (Å²) in [6.07, 6.45) is 0. The third kappa shape index (κ3) is 6.82. The molecule has 0 fully saturated rings. The predicted octanol–water partition coefficient (Wildman–Crippen LogP) is 6.28. The second-order valence-electron chi connectivity index (χ2n) is 10.2. The summed E-state index contributed by atoms with van der Waals surface area (Å²) in [5, 5.41) is 6.53. The number of carbonyl (C=O) groups excluding carboxylic acids is 2. The number of anilines is 2. The van der Waals surface area contributed by atoms with Crippen molar-refractivity contribution < 1.29 is 23.5 Å². The fourth-order valence-corrected chi connectivity index (χ4v) is 3.98. The average Bonchev–Trinajstić information content (AvgIpc) is 2.84.